The minimum absolute atomic E-state index is 0.201. The molecule has 0 saturated carbocycles. The van der Waals surface area contributed by atoms with Gasteiger partial charge in [0.25, 0.3) is 0 Å². The Morgan fingerprint density at radius 3 is 2.48 bits per heavy atom. The maximum atomic E-state index is 12.0. The molecule has 1 N–H and O–H groups in total. The Morgan fingerprint density at radius 1 is 1.29 bits per heavy atom. The molecule has 0 radical (unpaired) electrons. The first-order valence-electron chi connectivity index (χ1n) is 6.49. The molecule has 2 heterocycles. The Kier molecular flexibility index (Phi) is 4.84. The number of anilines is 1. The predicted octanol–water partition coefficient (Wildman–Crippen LogP) is 0.197. The number of rotatable bonds is 2. The van der Waals surface area contributed by atoms with Crippen LogP contribution in [0.2, 0.25) is 0 Å². The molecular formula is C12H16N4O4S. The zero-order valence-corrected chi connectivity index (χ0v) is 12.6. The highest BCUT2D eigenvalue weighted by atomic mass is 32.1. The standard InChI is InChI=1S/C12H16N4O4S/c1-7-14-15-12(21-7)13-9(17)10(18)16-5-3-8(4-6-16)11(19)20-2/h8H,3-6H2,1-2H3,(H,13,15,17). The van der Waals surface area contributed by atoms with E-state index in [9.17, 15) is 14.4 Å². The normalized spacial score (nSPS) is 15.6. The number of nitrogens with zero attached hydrogens (tertiary/aromatic N) is 3. The third kappa shape index (κ3) is 3.75. The van der Waals surface area contributed by atoms with Crippen molar-refractivity contribution in [3.63, 3.8) is 0 Å². The quantitative estimate of drug-likeness (QED) is 0.618. The minimum Gasteiger partial charge on any atom is -0.469 e. The van der Waals surface area contributed by atoms with Gasteiger partial charge in [0.05, 0.1) is 13.0 Å². The molecule has 0 bridgehead atoms. The lowest BCUT2D eigenvalue weighted by Gasteiger charge is -2.29. The molecule has 2 rings (SSSR count). The van der Waals surface area contributed by atoms with Crippen LogP contribution in [0.3, 0.4) is 0 Å². The van der Waals surface area contributed by atoms with Gasteiger partial charge in [-0.15, -0.1) is 10.2 Å². The number of hydrogen-bond donors (Lipinski definition) is 1. The molecule has 2 amide bonds. The fourth-order valence-corrected chi connectivity index (χ4v) is 2.71. The zero-order valence-electron chi connectivity index (χ0n) is 11.8. The smallest absolute Gasteiger partial charge is 0.315 e. The van der Waals surface area contributed by atoms with Crippen molar-refractivity contribution >= 4 is 34.3 Å². The van der Waals surface area contributed by atoms with Crippen molar-refractivity contribution in [3.05, 3.63) is 5.01 Å². The van der Waals surface area contributed by atoms with Crippen molar-refractivity contribution in [2.75, 3.05) is 25.5 Å². The summed E-state index contributed by atoms with van der Waals surface area (Å²) in [5.41, 5.74) is 0. The molecule has 1 aliphatic rings. The average molecular weight is 312 g/mol. The van der Waals surface area contributed by atoms with E-state index in [1.54, 1.807) is 6.92 Å². The summed E-state index contributed by atoms with van der Waals surface area (Å²) >= 11 is 1.20. The zero-order chi connectivity index (χ0) is 15.4. The highest BCUT2D eigenvalue weighted by Crippen LogP contribution is 2.19. The molecule has 9 heteroatoms. The number of piperidine rings is 1. The average Bonchev–Trinajstić information content (AvgIpc) is 2.90. The number of hydrogen-bond acceptors (Lipinski definition) is 7. The van der Waals surface area contributed by atoms with Crippen molar-refractivity contribution in [2.45, 2.75) is 19.8 Å². The van der Waals surface area contributed by atoms with E-state index in [-0.39, 0.29) is 11.9 Å². The predicted molar refractivity (Wildman–Crippen MR) is 74.6 cm³/mol. The lowest BCUT2D eigenvalue weighted by molar-refractivity contribution is -0.150. The second-order valence-electron chi connectivity index (χ2n) is 4.67. The van der Waals surface area contributed by atoms with Crippen molar-refractivity contribution < 1.29 is 19.1 Å². The second-order valence-corrected chi connectivity index (χ2v) is 5.85. The number of amides is 2. The summed E-state index contributed by atoms with van der Waals surface area (Å²) in [5.74, 6) is -1.82. The highest BCUT2D eigenvalue weighted by Gasteiger charge is 2.30. The number of methoxy groups -OCH3 is 1. The van der Waals surface area contributed by atoms with Gasteiger partial charge < -0.3 is 9.64 Å². The van der Waals surface area contributed by atoms with Gasteiger partial charge in [-0.2, -0.15) is 0 Å². The Bertz CT molecular complexity index is 551. The van der Waals surface area contributed by atoms with Crippen molar-refractivity contribution in [1.82, 2.24) is 15.1 Å². The highest BCUT2D eigenvalue weighted by molar-refractivity contribution is 7.15. The Balaban J connectivity index is 1.86. The molecule has 114 valence electrons. The van der Waals surface area contributed by atoms with E-state index in [0.29, 0.717) is 36.1 Å². The summed E-state index contributed by atoms with van der Waals surface area (Å²) in [4.78, 5) is 36.7. The molecule has 0 aromatic carbocycles. The number of ether oxygens (including phenoxy) is 1. The summed E-state index contributed by atoms with van der Waals surface area (Å²) in [6, 6.07) is 0. The van der Waals surface area contributed by atoms with Gasteiger partial charge in [0.15, 0.2) is 0 Å². The largest absolute Gasteiger partial charge is 0.469 e. The van der Waals surface area contributed by atoms with Gasteiger partial charge in [-0.05, 0) is 19.8 Å². The van der Waals surface area contributed by atoms with Gasteiger partial charge in [-0.1, -0.05) is 11.3 Å². The summed E-state index contributed by atoms with van der Waals surface area (Å²) < 4.78 is 4.68. The Labute approximate surface area is 125 Å². The third-order valence-electron chi connectivity index (χ3n) is 3.26. The Morgan fingerprint density at radius 2 is 1.95 bits per heavy atom. The molecule has 0 atom stereocenters. The van der Waals surface area contributed by atoms with Crippen LogP contribution in [-0.4, -0.2) is 53.1 Å². The first-order valence-corrected chi connectivity index (χ1v) is 7.31. The van der Waals surface area contributed by atoms with Gasteiger partial charge in [0.2, 0.25) is 5.13 Å². The van der Waals surface area contributed by atoms with Gasteiger partial charge in [-0.25, -0.2) is 0 Å². The molecule has 0 unspecified atom stereocenters. The SMILES string of the molecule is COC(=O)C1CCN(C(=O)C(=O)Nc2nnc(C)s2)CC1. The van der Waals surface area contributed by atoms with E-state index in [0.717, 1.165) is 0 Å². The van der Waals surface area contributed by atoms with Gasteiger partial charge in [0, 0.05) is 13.1 Å². The van der Waals surface area contributed by atoms with Crippen LogP contribution < -0.4 is 5.32 Å². The van der Waals surface area contributed by atoms with Crippen molar-refractivity contribution in [3.8, 4) is 0 Å². The monoisotopic (exact) mass is 312 g/mol. The van der Waals surface area contributed by atoms with Crippen LogP contribution in [0.4, 0.5) is 5.13 Å². The summed E-state index contributed by atoms with van der Waals surface area (Å²) in [7, 11) is 1.34. The summed E-state index contributed by atoms with van der Waals surface area (Å²) in [6.07, 6.45) is 1.01. The van der Waals surface area contributed by atoms with Crippen LogP contribution in [0.1, 0.15) is 17.8 Å². The summed E-state index contributed by atoms with van der Waals surface area (Å²) in [5, 5.41) is 10.9. The fraction of sp³-hybridized carbons (Fsp3) is 0.583. The molecular weight excluding hydrogens is 296 g/mol. The van der Waals surface area contributed by atoms with Crippen LogP contribution in [-0.2, 0) is 19.1 Å². The number of carbonyl (C=O) groups excluding carboxylic acids is 3. The van der Waals surface area contributed by atoms with E-state index in [4.69, 9.17) is 0 Å². The van der Waals surface area contributed by atoms with E-state index in [1.807, 2.05) is 0 Å². The van der Waals surface area contributed by atoms with Crippen LogP contribution in [0, 0.1) is 12.8 Å². The van der Waals surface area contributed by atoms with Crippen LogP contribution in [0.15, 0.2) is 0 Å². The number of esters is 1. The first-order chi connectivity index (χ1) is 10.0. The van der Waals surface area contributed by atoms with Crippen molar-refractivity contribution in [1.29, 1.82) is 0 Å². The molecule has 1 aliphatic heterocycles. The van der Waals surface area contributed by atoms with Crippen molar-refractivity contribution in [2.24, 2.45) is 5.92 Å². The van der Waals surface area contributed by atoms with Gasteiger partial charge in [0.1, 0.15) is 5.01 Å². The number of aromatic nitrogens is 2. The third-order valence-corrected chi connectivity index (χ3v) is 4.01. The lowest BCUT2D eigenvalue weighted by atomic mass is 9.97. The summed E-state index contributed by atoms with van der Waals surface area (Å²) in [6.45, 7) is 2.48. The Hall–Kier alpha value is -2.03. The van der Waals surface area contributed by atoms with E-state index in [1.165, 1.54) is 23.3 Å². The van der Waals surface area contributed by atoms with E-state index >= 15 is 0 Å². The van der Waals surface area contributed by atoms with Crippen LogP contribution in [0.25, 0.3) is 0 Å². The molecule has 0 spiro atoms. The van der Waals surface area contributed by atoms with Crippen LogP contribution >= 0.6 is 11.3 Å². The first kappa shape index (κ1) is 15.4. The molecule has 0 aliphatic carbocycles. The van der Waals surface area contributed by atoms with Crippen LogP contribution in [0.5, 0.6) is 0 Å². The number of likely N-dealkylation sites (tertiary alicyclic amines) is 1. The number of carbonyl (C=O) groups is 3. The number of aryl methyl sites for hydroxylation is 1. The van der Waals surface area contributed by atoms with Gasteiger partial charge >= 0.3 is 17.8 Å². The molecule has 1 saturated heterocycles. The molecule has 1 aromatic rings. The maximum absolute atomic E-state index is 12.0. The van der Waals surface area contributed by atoms with Gasteiger partial charge in [-0.3, -0.25) is 19.7 Å². The topological polar surface area (TPSA) is 101 Å². The van der Waals surface area contributed by atoms with E-state index < -0.39 is 11.8 Å². The fourth-order valence-electron chi connectivity index (χ4n) is 2.13. The molecule has 1 aromatic heterocycles. The number of nitrogens with one attached hydrogen (secondary N) is 1. The lowest BCUT2D eigenvalue weighted by Crippen LogP contribution is -2.45. The second kappa shape index (κ2) is 6.61. The maximum Gasteiger partial charge on any atom is 0.315 e. The molecule has 21 heavy (non-hydrogen) atoms. The minimum atomic E-state index is -0.734. The molecule has 8 nitrogen and oxygen atoms in total. The molecule has 1 fully saturated rings. The van der Waals surface area contributed by atoms with E-state index in [2.05, 4.69) is 20.3 Å².